The van der Waals surface area contributed by atoms with Crippen molar-refractivity contribution in [1.29, 1.82) is 0 Å². The van der Waals surface area contributed by atoms with Gasteiger partial charge in [0.1, 0.15) is 17.2 Å². The highest BCUT2D eigenvalue weighted by Gasteiger charge is 2.35. The average Bonchev–Trinajstić information content (AvgIpc) is 2.82. The molecule has 1 aromatic heterocycles. The molecule has 36 heavy (non-hydrogen) atoms. The van der Waals surface area contributed by atoms with E-state index < -0.39 is 44.4 Å². The molecule has 3 heterocycles. The summed E-state index contributed by atoms with van der Waals surface area (Å²) in [6.45, 7) is 6.45. The highest BCUT2D eigenvalue weighted by atomic mass is 32.2. The molecule has 13 heteroatoms. The summed E-state index contributed by atoms with van der Waals surface area (Å²) in [6.07, 6.45) is 0. The summed E-state index contributed by atoms with van der Waals surface area (Å²) in [5.41, 5.74) is -2.06. The Balaban J connectivity index is 1.62. The van der Waals surface area contributed by atoms with Gasteiger partial charge in [0.2, 0.25) is 15.8 Å². The Morgan fingerprint density at radius 3 is 2.72 bits per heavy atom. The Morgan fingerprint density at radius 1 is 1.31 bits per heavy atom. The lowest BCUT2D eigenvalue weighted by atomic mass is 10.1. The second-order valence-electron chi connectivity index (χ2n) is 9.58. The number of piperazine rings is 1. The Kier molecular flexibility index (Phi) is 6.94. The maximum absolute atomic E-state index is 14.1. The van der Waals surface area contributed by atoms with E-state index >= 15 is 0 Å². The third kappa shape index (κ3) is 4.75. The molecule has 0 spiro atoms. The first kappa shape index (κ1) is 26.2. The fraction of sp³-hybridized carbons (Fsp3) is 0.522. The fourth-order valence-corrected chi connectivity index (χ4v) is 6.12. The van der Waals surface area contributed by atoms with Gasteiger partial charge >= 0.3 is 0 Å². The van der Waals surface area contributed by atoms with E-state index in [0.717, 1.165) is 12.1 Å². The molecule has 0 bridgehead atoms. The number of rotatable bonds is 5. The Labute approximate surface area is 208 Å². The molecular formula is C23H30FN5O6S. The van der Waals surface area contributed by atoms with Gasteiger partial charge in [-0.15, -0.1) is 0 Å². The molecule has 0 aliphatic carbocycles. The van der Waals surface area contributed by atoms with E-state index in [-0.39, 0.29) is 55.1 Å². The van der Waals surface area contributed by atoms with E-state index in [1.165, 1.54) is 14.9 Å². The molecule has 0 unspecified atom stereocenters. The number of benzene rings is 1. The average molecular weight is 524 g/mol. The normalized spacial score (nSPS) is 20.6. The van der Waals surface area contributed by atoms with E-state index in [1.54, 1.807) is 13.8 Å². The molecule has 1 amide bonds. The molecule has 2 N–H and O–H groups in total. The van der Waals surface area contributed by atoms with Crippen LogP contribution in [-0.4, -0.2) is 77.5 Å². The largest absolute Gasteiger partial charge is 0.501 e. The van der Waals surface area contributed by atoms with Gasteiger partial charge < -0.3 is 20.1 Å². The predicted octanol–water partition coefficient (Wildman–Crippen LogP) is 0.608. The van der Waals surface area contributed by atoms with Crippen LogP contribution in [0.25, 0.3) is 0 Å². The van der Waals surface area contributed by atoms with Crippen molar-refractivity contribution in [2.24, 2.45) is 0 Å². The quantitative estimate of drug-likeness (QED) is 0.582. The number of fused-ring (bicyclic) bond motifs is 1. The zero-order chi connectivity index (χ0) is 26.4. The first-order valence-electron chi connectivity index (χ1n) is 11.6. The van der Waals surface area contributed by atoms with E-state index in [4.69, 9.17) is 4.74 Å². The Hall–Kier alpha value is -2.87. The van der Waals surface area contributed by atoms with Crippen molar-refractivity contribution < 1.29 is 27.4 Å². The van der Waals surface area contributed by atoms with Gasteiger partial charge in [-0.05, 0) is 45.5 Å². The van der Waals surface area contributed by atoms with Gasteiger partial charge in [-0.2, -0.15) is 4.31 Å². The number of aromatic nitrogens is 2. The summed E-state index contributed by atoms with van der Waals surface area (Å²) in [4.78, 5) is 31.6. The maximum atomic E-state index is 14.1. The van der Waals surface area contributed by atoms with Gasteiger partial charge in [-0.1, -0.05) is 6.07 Å². The van der Waals surface area contributed by atoms with Gasteiger partial charge in [0.25, 0.3) is 11.5 Å². The van der Waals surface area contributed by atoms with Crippen LogP contribution in [0.2, 0.25) is 0 Å². The van der Waals surface area contributed by atoms with Gasteiger partial charge in [-0.3, -0.25) is 14.2 Å². The molecule has 2 aromatic rings. The first-order chi connectivity index (χ1) is 16.8. The summed E-state index contributed by atoms with van der Waals surface area (Å²) in [5.74, 6) is -2.23. The molecule has 2 aliphatic heterocycles. The predicted molar refractivity (Wildman–Crippen MR) is 128 cm³/mol. The van der Waals surface area contributed by atoms with E-state index in [2.05, 4.69) is 10.3 Å². The number of nitrogens with zero attached hydrogens (tertiary/aromatic N) is 4. The van der Waals surface area contributed by atoms with Crippen LogP contribution in [0.5, 0.6) is 5.75 Å². The monoisotopic (exact) mass is 523 g/mol. The van der Waals surface area contributed by atoms with Crippen molar-refractivity contribution in [3.63, 3.8) is 0 Å². The lowest BCUT2D eigenvalue weighted by Crippen LogP contribution is -2.52. The van der Waals surface area contributed by atoms with Crippen LogP contribution >= 0.6 is 0 Å². The summed E-state index contributed by atoms with van der Waals surface area (Å²) >= 11 is 0. The second-order valence-corrected chi connectivity index (χ2v) is 11.5. The fourth-order valence-electron chi connectivity index (χ4n) is 4.37. The number of aromatic hydroxyl groups is 1. The summed E-state index contributed by atoms with van der Waals surface area (Å²) in [7, 11) is -2.14. The third-order valence-electron chi connectivity index (χ3n) is 6.69. The van der Waals surface area contributed by atoms with Crippen LogP contribution < -0.4 is 10.9 Å². The van der Waals surface area contributed by atoms with Gasteiger partial charge in [-0.25, -0.2) is 17.8 Å². The minimum absolute atomic E-state index is 0.0179. The smallest absolute Gasteiger partial charge is 0.296 e. The minimum atomic E-state index is -4.05. The summed E-state index contributed by atoms with van der Waals surface area (Å²) in [5, 5.41) is 12.9. The lowest BCUT2D eigenvalue weighted by molar-refractivity contribution is -0.0566. The Morgan fingerprint density at radius 2 is 2.03 bits per heavy atom. The van der Waals surface area contributed by atoms with Crippen molar-refractivity contribution in [3.8, 4) is 5.75 Å². The molecule has 0 radical (unpaired) electrons. The van der Waals surface area contributed by atoms with Crippen molar-refractivity contribution in [2.45, 2.75) is 50.4 Å². The number of carbonyl (C=O) groups excluding carboxylic acids is 1. The molecular weight excluding hydrogens is 493 g/mol. The van der Waals surface area contributed by atoms with E-state index in [1.807, 2.05) is 18.9 Å². The number of halogens is 1. The van der Waals surface area contributed by atoms with Crippen LogP contribution in [0.3, 0.4) is 0 Å². The second kappa shape index (κ2) is 9.54. The highest BCUT2D eigenvalue weighted by Crippen LogP contribution is 2.28. The number of hydrogen-bond acceptors (Lipinski definition) is 8. The molecule has 0 saturated carbocycles. The van der Waals surface area contributed by atoms with Crippen molar-refractivity contribution in [2.75, 3.05) is 33.3 Å². The SMILES string of the molecule is C[C@@H]1CN(S(=O)(=O)c2cc(F)ccc2CNC(=O)c2nc3n(c(=O)c2O)CCOC3(C)C)CCN1C. The van der Waals surface area contributed by atoms with Gasteiger partial charge in [0.15, 0.2) is 5.69 Å². The van der Waals surface area contributed by atoms with Crippen LogP contribution in [0.1, 0.15) is 42.6 Å². The topological polar surface area (TPSA) is 134 Å². The standard InChI is InChI=1S/C23H30FN5O6S/c1-14-13-28(8-7-27(14)4)36(33,34)17-11-16(24)6-5-15(17)12-25-20(31)18-19(30)21(32)29-9-10-35-23(2,3)22(29)26-18/h5-6,11,14,30H,7-10,12-13H2,1-4H3,(H,25,31)/t14-/m1/s1. The number of hydrogen-bond donors (Lipinski definition) is 2. The van der Waals surface area contributed by atoms with Crippen molar-refractivity contribution >= 4 is 15.9 Å². The van der Waals surface area contributed by atoms with Crippen LogP contribution in [0.4, 0.5) is 4.39 Å². The summed E-state index contributed by atoms with van der Waals surface area (Å²) < 4.78 is 49.1. The van der Waals surface area contributed by atoms with E-state index in [0.29, 0.717) is 6.54 Å². The molecule has 2 aliphatic rings. The van der Waals surface area contributed by atoms with Crippen molar-refractivity contribution in [3.05, 3.63) is 51.5 Å². The summed E-state index contributed by atoms with van der Waals surface area (Å²) in [6, 6.07) is 3.30. The molecule has 1 fully saturated rings. The van der Waals surface area contributed by atoms with Gasteiger partial charge in [0.05, 0.1) is 18.0 Å². The lowest BCUT2D eigenvalue weighted by Gasteiger charge is -2.37. The van der Waals surface area contributed by atoms with Crippen molar-refractivity contribution in [1.82, 2.24) is 24.1 Å². The molecule has 4 rings (SSSR count). The van der Waals surface area contributed by atoms with Crippen LogP contribution in [-0.2, 0) is 33.5 Å². The first-order valence-corrected chi connectivity index (χ1v) is 13.0. The maximum Gasteiger partial charge on any atom is 0.296 e. The highest BCUT2D eigenvalue weighted by molar-refractivity contribution is 7.89. The number of nitrogens with one attached hydrogen (secondary N) is 1. The number of carbonyl (C=O) groups is 1. The minimum Gasteiger partial charge on any atom is -0.501 e. The number of ether oxygens (including phenoxy) is 1. The molecule has 11 nitrogen and oxygen atoms in total. The number of amides is 1. The molecule has 1 atom stereocenters. The Bertz CT molecular complexity index is 1360. The molecule has 196 valence electrons. The van der Waals surface area contributed by atoms with Gasteiger partial charge in [0, 0.05) is 32.2 Å². The third-order valence-corrected chi connectivity index (χ3v) is 8.63. The molecule has 1 aromatic carbocycles. The zero-order valence-electron chi connectivity index (χ0n) is 20.6. The van der Waals surface area contributed by atoms with Crippen LogP contribution in [0.15, 0.2) is 27.9 Å². The van der Waals surface area contributed by atoms with E-state index in [9.17, 15) is 27.5 Å². The zero-order valence-corrected chi connectivity index (χ0v) is 21.4. The number of likely N-dealkylation sites (N-methyl/N-ethyl adjacent to an activating group) is 1. The van der Waals surface area contributed by atoms with Crippen LogP contribution in [0, 0.1) is 5.82 Å². The number of sulfonamides is 1. The molecule has 1 saturated heterocycles.